The van der Waals surface area contributed by atoms with Crippen LogP contribution < -0.4 is 9.47 Å². The Morgan fingerprint density at radius 3 is 2.75 bits per heavy atom. The van der Waals surface area contributed by atoms with Crippen LogP contribution in [0, 0.1) is 6.92 Å². The molecule has 0 aliphatic carbocycles. The van der Waals surface area contributed by atoms with Gasteiger partial charge < -0.3 is 14.4 Å². The van der Waals surface area contributed by atoms with Gasteiger partial charge >= 0.3 is 0 Å². The van der Waals surface area contributed by atoms with E-state index in [0.29, 0.717) is 23.3 Å². The van der Waals surface area contributed by atoms with Crippen molar-refractivity contribution < 1.29 is 14.3 Å². The van der Waals surface area contributed by atoms with Crippen LogP contribution in [0.3, 0.4) is 0 Å². The molecule has 0 unspecified atom stereocenters. The Hall–Kier alpha value is -2.31. The highest BCUT2D eigenvalue weighted by molar-refractivity contribution is 7.20. The van der Waals surface area contributed by atoms with Crippen LogP contribution in [0.4, 0.5) is 0 Å². The molecule has 0 saturated carbocycles. The van der Waals surface area contributed by atoms with Crippen molar-refractivity contribution in [3.8, 4) is 10.9 Å². The summed E-state index contributed by atoms with van der Waals surface area (Å²) < 4.78 is 12.7. The van der Waals surface area contributed by atoms with Crippen molar-refractivity contribution in [1.82, 2.24) is 9.88 Å². The van der Waals surface area contributed by atoms with Crippen molar-refractivity contribution >= 4 is 39.1 Å². The molecule has 7 heteroatoms. The summed E-state index contributed by atoms with van der Waals surface area (Å²) in [5.41, 5.74) is 1.81. The lowest BCUT2D eigenvalue weighted by Gasteiger charge is -2.31. The zero-order valence-corrected chi connectivity index (χ0v) is 17.1. The van der Waals surface area contributed by atoms with E-state index in [4.69, 9.17) is 21.1 Å². The van der Waals surface area contributed by atoms with E-state index in [9.17, 15) is 4.79 Å². The SMILES string of the molecule is Cc1ccccc1OCC(=O)N1CCC(Oc2nc3c(Cl)cccc3s2)CC1. The Kier molecular flexibility index (Phi) is 5.69. The maximum absolute atomic E-state index is 12.4. The second kappa shape index (κ2) is 8.37. The highest BCUT2D eigenvalue weighted by Gasteiger charge is 2.25. The number of hydrogen-bond donors (Lipinski definition) is 0. The van der Waals surface area contributed by atoms with Crippen molar-refractivity contribution in [2.24, 2.45) is 0 Å². The van der Waals surface area contributed by atoms with Gasteiger partial charge in [-0.3, -0.25) is 4.79 Å². The summed E-state index contributed by atoms with van der Waals surface area (Å²) >= 11 is 7.68. The summed E-state index contributed by atoms with van der Waals surface area (Å²) in [6.07, 6.45) is 1.61. The first-order valence-corrected chi connectivity index (χ1v) is 10.5. The molecule has 1 saturated heterocycles. The Bertz CT molecular complexity index is 983. The molecule has 1 fully saturated rings. The number of rotatable bonds is 5. The number of likely N-dealkylation sites (tertiary alicyclic amines) is 1. The molecule has 2 aromatic carbocycles. The molecule has 0 spiro atoms. The van der Waals surface area contributed by atoms with Crippen LogP contribution in [0.2, 0.25) is 5.02 Å². The van der Waals surface area contributed by atoms with E-state index in [2.05, 4.69) is 4.98 Å². The van der Waals surface area contributed by atoms with Gasteiger partial charge in [-0.25, -0.2) is 4.98 Å². The molecule has 146 valence electrons. The van der Waals surface area contributed by atoms with Crippen molar-refractivity contribution in [2.75, 3.05) is 19.7 Å². The maximum Gasteiger partial charge on any atom is 0.274 e. The van der Waals surface area contributed by atoms with Gasteiger partial charge in [0.15, 0.2) is 6.61 Å². The second-order valence-electron chi connectivity index (χ2n) is 6.82. The molecule has 0 bridgehead atoms. The normalized spacial score (nSPS) is 15.0. The molecule has 0 radical (unpaired) electrons. The molecule has 0 N–H and O–H groups in total. The lowest BCUT2D eigenvalue weighted by Crippen LogP contribution is -2.43. The van der Waals surface area contributed by atoms with E-state index < -0.39 is 0 Å². The number of benzene rings is 2. The van der Waals surface area contributed by atoms with E-state index in [0.717, 1.165) is 34.4 Å². The highest BCUT2D eigenvalue weighted by Crippen LogP contribution is 2.33. The minimum absolute atomic E-state index is 0.00784. The van der Waals surface area contributed by atoms with Crippen molar-refractivity contribution in [3.63, 3.8) is 0 Å². The molecular formula is C21H21ClN2O3S. The molecule has 0 atom stereocenters. The molecule has 1 amide bonds. The number of carbonyl (C=O) groups is 1. The van der Waals surface area contributed by atoms with Crippen LogP contribution in [0.5, 0.6) is 10.9 Å². The van der Waals surface area contributed by atoms with Gasteiger partial charge in [-0.1, -0.05) is 47.2 Å². The fourth-order valence-corrected chi connectivity index (χ4v) is 4.44. The average molecular weight is 417 g/mol. The zero-order valence-electron chi connectivity index (χ0n) is 15.6. The van der Waals surface area contributed by atoms with E-state index >= 15 is 0 Å². The van der Waals surface area contributed by atoms with E-state index in [1.807, 2.05) is 54.3 Å². The van der Waals surface area contributed by atoms with Gasteiger partial charge in [0.2, 0.25) is 0 Å². The van der Waals surface area contributed by atoms with Gasteiger partial charge in [0.05, 0.1) is 9.72 Å². The number of hydrogen-bond acceptors (Lipinski definition) is 5. The lowest BCUT2D eigenvalue weighted by atomic mass is 10.1. The minimum Gasteiger partial charge on any atom is -0.484 e. The maximum atomic E-state index is 12.4. The number of halogens is 1. The number of amides is 1. The Labute approximate surface area is 172 Å². The smallest absolute Gasteiger partial charge is 0.274 e. The third kappa shape index (κ3) is 4.23. The molecular weight excluding hydrogens is 396 g/mol. The molecule has 3 aromatic rings. The van der Waals surface area contributed by atoms with E-state index in [1.165, 1.54) is 11.3 Å². The van der Waals surface area contributed by atoms with Crippen LogP contribution in [0.25, 0.3) is 10.2 Å². The number of fused-ring (bicyclic) bond motifs is 1. The van der Waals surface area contributed by atoms with Gasteiger partial charge in [-0.05, 0) is 30.7 Å². The predicted molar refractivity (Wildman–Crippen MR) is 112 cm³/mol. The summed E-state index contributed by atoms with van der Waals surface area (Å²) in [6, 6.07) is 13.4. The average Bonchev–Trinajstić information content (AvgIpc) is 3.12. The van der Waals surface area contributed by atoms with E-state index in [-0.39, 0.29) is 18.6 Å². The largest absolute Gasteiger partial charge is 0.484 e. The number of ether oxygens (including phenoxy) is 2. The van der Waals surface area contributed by atoms with E-state index in [1.54, 1.807) is 0 Å². The second-order valence-corrected chi connectivity index (χ2v) is 8.22. The fourth-order valence-electron chi connectivity index (χ4n) is 3.26. The Morgan fingerprint density at radius 2 is 2.00 bits per heavy atom. The third-order valence-electron chi connectivity index (χ3n) is 4.86. The number of aryl methyl sites for hydroxylation is 1. The Balaban J connectivity index is 1.28. The van der Waals surface area contributed by atoms with Crippen LogP contribution >= 0.6 is 22.9 Å². The standard InChI is InChI=1S/C21H21ClN2O3S/c1-14-5-2-3-7-17(14)26-13-19(25)24-11-9-15(10-12-24)27-21-23-20-16(22)6-4-8-18(20)28-21/h2-8,15H,9-13H2,1H3. The molecule has 2 heterocycles. The van der Waals surface area contributed by atoms with Crippen molar-refractivity contribution in [1.29, 1.82) is 0 Å². The summed E-state index contributed by atoms with van der Waals surface area (Å²) in [5, 5.41) is 1.27. The number of carbonyl (C=O) groups excluding carboxylic acids is 1. The summed E-state index contributed by atoms with van der Waals surface area (Å²) in [4.78, 5) is 18.8. The van der Waals surface area contributed by atoms with Gasteiger partial charge in [0.25, 0.3) is 11.1 Å². The van der Waals surface area contributed by atoms with Gasteiger partial charge in [-0.15, -0.1) is 0 Å². The quantitative estimate of drug-likeness (QED) is 0.604. The summed E-state index contributed by atoms with van der Waals surface area (Å²) in [6.45, 7) is 3.35. The Morgan fingerprint density at radius 1 is 1.21 bits per heavy atom. The molecule has 1 aliphatic rings. The summed E-state index contributed by atoms with van der Waals surface area (Å²) in [7, 11) is 0. The van der Waals surface area contributed by atoms with Crippen LogP contribution in [-0.2, 0) is 4.79 Å². The van der Waals surface area contributed by atoms with Crippen LogP contribution in [0.1, 0.15) is 18.4 Å². The zero-order chi connectivity index (χ0) is 19.5. The van der Waals surface area contributed by atoms with Crippen molar-refractivity contribution in [3.05, 3.63) is 53.1 Å². The number of aromatic nitrogens is 1. The first-order chi connectivity index (χ1) is 13.6. The molecule has 4 rings (SSSR count). The van der Waals surface area contributed by atoms with Crippen LogP contribution in [-0.4, -0.2) is 41.6 Å². The fraction of sp³-hybridized carbons (Fsp3) is 0.333. The number of para-hydroxylation sites is 2. The first kappa shape index (κ1) is 19.0. The molecule has 28 heavy (non-hydrogen) atoms. The van der Waals surface area contributed by atoms with Crippen LogP contribution in [0.15, 0.2) is 42.5 Å². The number of nitrogens with zero attached hydrogens (tertiary/aromatic N) is 2. The summed E-state index contributed by atoms with van der Waals surface area (Å²) in [5.74, 6) is 0.761. The monoisotopic (exact) mass is 416 g/mol. The molecule has 1 aromatic heterocycles. The highest BCUT2D eigenvalue weighted by atomic mass is 35.5. The van der Waals surface area contributed by atoms with Crippen molar-refractivity contribution in [2.45, 2.75) is 25.9 Å². The third-order valence-corrected chi connectivity index (χ3v) is 6.07. The van der Waals surface area contributed by atoms with Gasteiger partial charge in [0.1, 0.15) is 17.4 Å². The number of piperidine rings is 1. The van der Waals surface area contributed by atoms with Gasteiger partial charge in [0, 0.05) is 25.9 Å². The number of thiazole rings is 1. The van der Waals surface area contributed by atoms with Gasteiger partial charge in [-0.2, -0.15) is 0 Å². The lowest BCUT2D eigenvalue weighted by molar-refractivity contribution is -0.135. The minimum atomic E-state index is 0.00784. The topological polar surface area (TPSA) is 51.7 Å². The first-order valence-electron chi connectivity index (χ1n) is 9.28. The predicted octanol–water partition coefficient (Wildman–Crippen LogP) is 4.71. The molecule has 1 aliphatic heterocycles. The molecule has 5 nitrogen and oxygen atoms in total.